The quantitative estimate of drug-likeness (QED) is 0.244. The highest BCUT2D eigenvalue weighted by molar-refractivity contribution is 5.94. The number of aryl methyl sites for hydroxylation is 1. The second kappa shape index (κ2) is 14.7. The lowest BCUT2D eigenvalue weighted by Gasteiger charge is -2.18. The van der Waals surface area contributed by atoms with Gasteiger partial charge in [0.2, 0.25) is 0 Å². The lowest BCUT2D eigenvalue weighted by Crippen LogP contribution is -2.42. The van der Waals surface area contributed by atoms with E-state index in [1.165, 1.54) is 17.7 Å². The minimum atomic E-state index is -2.74. The molecule has 13 heteroatoms. The molecule has 0 radical (unpaired) electrons. The van der Waals surface area contributed by atoms with E-state index in [1.54, 1.807) is 19.1 Å². The van der Waals surface area contributed by atoms with Crippen molar-refractivity contribution in [1.82, 2.24) is 0 Å². The lowest BCUT2D eigenvalue weighted by molar-refractivity contribution is -0.170. The number of carboxylic acids is 6. The fourth-order valence-corrected chi connectivity index (χ4v) is 2.75. The van der Waals surface area contributed by atoms with Crippen LogP contribution in [0, 0.1) is 6.92 Å². The van der Waals surface area contributed by atoms with E-state index in [2.05, 4.69) is 13.8 Å². The maximum atomic E-state index is 10.5. The first-order valence-electron chi connectivity index (χ1n) is 10.7. The van der Waals surface area contributed by atoms with Gasteiger partial charge in [0.15, 0.2) is 5.60 Å². The summed E-state index contributed by atoms with van der Waals surface area (Å²) >= 11 is 0. The molecular weight excluding hydrogens is 508 g/mol. The number of rotatable bonds is 9. The monoisotopic (exact) mass is 536 g/mol. The molecule has 2 rings (SSSR count). The van der Waals surface area contributed by atoms with Gasteiger partial charge >= 0.3 is 35.8 Å². The third kappa shape index (κ3) is 11.8. The number of aliphatic hydroxyl groups is 1. The van der Waals surface area contributed by atoms with E-state index in [-0.39, 0.29) is 11.1 Å². The highest BCUT2D eigenvalue weighted by atomic mass is 16.4. The molecule has 0 saturated carbocycles. The number of hydrogen-bond acceptors (Lipinski definition) is 7. The molecule has 0 amide bonds. The molecule has 0 unspecified atom stereocenters. The van der Waals surface area contributed by atoms with Crippen LogP contribution in [0.5, 0.6) is 0 Å². The number of carboxylic acid groups (broad SMARTS) is 6. The predicted molar refractivity (Wildman–Crippen MR) is 130 cm³/mol. The summed E-state index contributed by atoms with van der Waals surface area (Å²) in [4.78, 5) is 62.0. The zero-order valence-corrected chi connectivity index (χ0v) is 20.6. The first kappa shape index (κ1) is 33.2. The van der Waals surface area contributed by atoms with Crippen LogP contribution in [-0.4, -0.2) is 77.2 Å². The van der Waals surface area contributed by atoms with Crippen molar-refractivity contribution in [2.75, 3.05) is 0 Å². The molecule has 0 fully saturated rings. The van der Waals surface area contributed by atoms with E-state index in [1.807, 2.05) is 12.1 Å². The maximum Gasteiger partial charge on any atom is 0.336 e. The van der Waals surface area contributed by atoms with Gasteiger partial charge in [-0.15, -0.1) is 0 Å². The number of benzene rings is 2. The smallest absolute Gasteiger partial charge is 0.336 e. The number of hydrogen-bond donors (Lipinski definition) is 7. The van der Waals surface area contributed by atoms with Crippen molar-refractivity contribution in [3.8, 4) is 0 Å². The largest absolute Gasteiger partial charge is 0.481 e. The van der Waals surface area contributed by atoms with Gasteiger partial charge in [0.25, 0.3) is 0 Å². The van der Waals surface area contributed by atoms with Crippen LogP contribution >= 0.6 is 0 Å². The van der Waals surface area contributed by atoms with Crippen molar-refractivity contribution in [2.45, 2.75) is 45.1 Å². The number of aromatic carboxylic acids is 3. The number of carbonyl (C=O) groups is 6. The van der Waals surface area contributed by atoms with E-state index in [9.17, 15) is 28.8 Å². The molecule has 0 saturated heterocycles. The predicted octanol–water partition coefficient (Wildman–Crippen LogP) is 2.65. The van der Waals surface area contributed by atoms with Crippen LogP contribution in [-0.2, 0) is 14.4 Å². The van der Waals surface area contributed by atoms with E-state index in [0.29, 0.717) is 17.0 Å². The van der Waals surface area contributed by atoms with Crippen molar-refractivity contribution >= 4 is 35.8 Å². The van der Waals surface area contributed by atoms with Gasteiger partial charge in [-0.2, -0.15) is 0 Å². The molecule has 0 spiro atoms. The Balaban J connectivity index is 0.000000541. The molecule has 0 aliphatic rings. The van der Waals surface area contributed by atoms with Crippen molar-refractivity contribution < 1.29 is 64.5 Å². The molecule has 13 nitrogen and oxygen atoms in total. The van der Waals surface area contributed by atoms with Crippen LogP contribution in [0.4, 0.5) is 0 Å². The average molecular weight is 536 g/mol. The molecule has 7 N–H and O–H groups in total. The Morgan fingerprint density at radius 2 is 1.03 bits per heavy atom. The topological polar surface area (TPSA) is 244 Å². The number of aliphatic carboxylic acids is 3. The molecule has 0 aromatic heterocycles. The van der Waals surface area contributed by atoms with Crippen molar-refractivity contribution in [1.29, 1.82) is 0 Å². The molecule has 2 aromatic rings. The standard InChI is InChI=1S/C10H12O2.C9H8O4.C6H8O7/c1-7(2)8-3-5-9(6-4-8)10(11)12;1-5-2-6(8(10)11)4-7(3-5)9(12)13;7-3(8)1-6(13,5(11)12)2-4(9)10/h3-7H,1-2H3,(H,11,12);2-4H,1H3,(H,10,11)(H,12,13);13H,1-2H2,(H,7,8)(H,9,10)(H,11,12). The Hall–Kier alpha value is -4.78. The van der Waals surface area contributed by atoms with Crippen molar-refractivity contribution in [2.24, 2.45) is 0 Å². The Labute approximate surface area is 216 Å². The fraction of sp³-hybridized carbons (Fsp3) is 0.280. The zero-order valence-electron chi connectivity index (χ0n) is 20.6. The Morgan fingerprint density at radius 3 is 1.29 bits per heavy atom. The van der Waals surface area contributed by atoms with Gasteiger partial charge in [-0.1, -0.05) is 26.0 Å². The highest BCUT2D eigenvalue weighted by Crippen LogP contribution is 2.16. The third-order valence-corrected chi connectivity index (χ3v) is 4.68. The van der Waals surface area contributed by atoms with Gasteiger partial charge in [-0.05, 0) is 54.3 Å². The first-order valence-corrected chi connectivity index (χ1v) is 10.7. The van der Waals surface area contributed by atoms with Gasteiger partial charge < -0.3 is 35.7 Å². The Morgan fingerprint density at radius 1 is 0.658 bits per heavy atom. The molecule has 0 heterocycles. The van der Waals surface area contributed by atoms with E-state index >= 15 is 0 Å². The summed E-state index contributed by atoms with van der Waals surface area (Å²) in [6, 6.07) is 11.0. The van der Waals surface area contributed by atoms with Crippen LogP contribution in [0.3, 0.4) is 0 Å². The Kier molecular flexibility index (Phi) is 12.9. The van der Waals surface area contributed by atoms with E-state index < -0.39 is 54.3 Å². The highest BCUT2D eigenvalue weighted by Gasteiger charge is 2.40. The SMILES string of the molecule is CC(C)c1ccc(C(=O)O)cc1.Cc1cc(C(=O)O)cc(C(=O)O)c1.O=C(O)CC(O)(CC(=O)O)C(=O)O. The summed E-state index contributed by atoms with van der Waals surface area (Å²) < 4.78 is 0. The summed E-state index contributed by atoms with van der Waals surface area (Å²) in [7, 11) is 0. The van der Waals surface area contributed by atoms with Gasteiger partial charge in [0, 0.05) is 0 Å². The third-order valence-electron chi connectivity index (χ3n) is 4.68. The summed E-state index contributed by atoms with van der Waals surface area (Å²) in [5.41, 5.74) is -0.607. The van der Waals surface area contributed by atoms with Gasteiger partial charge in [0.05, 0.1) is 29.5 Å². The molecular formula is C25H28O13. The summed E-state index contributed by atoms with van der Waals surface area (Å²) in [5.74, 6) is -7.68. The summed E-state index contributed by atoms with van der Waals surface area (Å²) in [6.45, 7) is 5.81. The molecule has 0 aliphatic carbocycles. The van der Waals surface area contributed by atoms with Crippen LogP contribution in [0.25, 0.3) is 0 Å². The lowest BCUT2D eigenvalue weighted by atomic mass is 9.96. The van der Waals surface area contributed by atoms with Gasteiger partial charge in [-0.3, -0.25) is 9.59 Å². The molecule has 38 heavy (non-hydrogen) atoms. The summed E-state index contributed by atoms with van der Waals surface area (Å²) in [5, 5.41) is 59.7. The first-order chi connectivity index (χ1) is 17.4. The van der Waals surface area contributed by atoms with E-state index in [0.717, 1.165) is 6.07 Å². The molecule has 0 atom stereocenters. The second-order valence-corrected chi connectivity index (χ2v) is 8.26. The van der Waals surface area contributed by atoms with Gasteiger partial charge in [-0.25, -0.2) is 19.2 Å². The average Bonchev–Trinajstić information content (AvgIpc) is 2.78. The Bertz CT molecular complexity index is 1130. The van der Waals surface area contributed by atoms with Crippen LogP contribution in [0.15, 0.2) is 42.5 Å². The maximum absolute atomic E-state index is 10.5. The normalized spacial score (nSPS) is 10.2. The van der Waals surface area contributed by atoms with E-state index in [4.69, 9.17) is 35.7 Å². The van der Waals surface area contributed by atoms with Crippen LogP contribution in [0.1, 0.15) is 74.8 Å². The van der Waals surface area contributed by atoms with Crippen molar-refractivity contribution in [3.63, 3.8) is 0 Å². The van der Waals surface area contributed by atoms with Crippen LogP contribution < -0.4 is 0 Å². The zero-order chi connectivity index (χ0) is 29.8. The molecule has 0 bridgehead atoms. The molecule has 2 aromatic carbocycles. The fourth-order valence-electron chi connectivity index (χ4n) is 2.75. The second-order valence-electron chi connectivity index (χ2n) is 8.26. The van der Waals surface area contributed by atoms with Gasteiger partial charge in [0.1, 0.15) is 0 Å². The molecule has 206 valence electrons. The summed E-state index contributed by atoms with van der Waals surface area (Å²) in [6.07, 6.45) is -2.29. The van der Waals surface area contributed by atoms with Crippen LogP contribution in [0.2, 0.25) is 0 Å². The van der Waals surface area contributed by atoms with Crippen molar-refractivity contribution in [3.05, 3.63) is 70.3 Å². The minimum Gasteiger partial charge on any atom is -0.481 e. The minimum absolute atomic E-state index is 0.00241. The molecule has 0 aliphatic heterocycles.